The van der Waals surface area contributed by atoms with Crippen molar-refractivity contribution in [3.63, 3.8) is 0 Å². The average molecular weight is 376 g/mol. The third-order valence-corrected chi connectivity index (χ3v) is 4.44. The summed E-state index contributed by atoms with van der Waals surface area (Å²) < 4.78 is 6.15. The number of carbonyl (C=O) groups is 1. The Balaban J connectivity index is 1.97. The van der Waals surface area contributed by atoms with Crippen LogP contribution in [0.5, 0.6) is 0 Å². The fraction of sp³-hybridized carbons (Fsp3) is 0.353. The van der Waals surface area contributed by atoms with Crippen LogP contribution in [-0.4, -0.2) is 23.0 Å². The molecule has 0 N–H and O–H groups in total. The highest BCUT2D eigenvalue weighted by Gasteiger charge is 2.28. The van der Waals surface area contributed by atoms with Gasteiger partial charge in [-0.3, -0.25) is 9.69 Å². The van der Waals surface area contributed by atoms with Gasteiger partial charge in [0.15, 0.2) is 5.82 Å². The number of hydrogen-bond acceptors (Lipinski definition) is 4. The van der Waals surface area contributed by atoms with Gasteiger partial charge in [0, 0.05) is 29.3 Å². The summed E-state index contributed by atoms with van der Waals surface area (Å²) in [4.78, 5) is 23.2. The molecule has 0 saturated carbocycles. The third kappa shape index (κ3) is 3.43. The van der Waals surface area contributed by atoms with Gasteiger partial charge in [-0.2, -0.15) is 0 Å². The van der Waals surface area contributed by atoms with Crippen LogP contribution in [0.3, 0.4) is 0 Å². The highest BCUT2D eigenvalue weighted by Crippen LogP contribution is 2.29. The van der Waals surface area contributed by atoms with Gasteiger partial charge in [-0.05, 0) is 31.0 Å². The minimum Gasteiger partial charge on any atom is -0.377 e. The number of rotatable bonds is 4. The molecule has 0 fully saturated rings. The first-order valence-electron chi connectivity index (χ1n) is 7.48. The number of hydrogen-bond donors (Lipinski definition) is 0. The molecule has 0 unspecified atom stereocenters. The molecule has 2 aromatic rings. The van der Waals surface area contributed by atoms with Crippen molar-refractivity contribution in [2.45, 2.75) is 32.9 Å². The Labute approximate surface area is 143 Å². The molecular formula is C17H18BrN3O2. The van der Waals surface area contributed by atoms with Crippen molar-refractivity contribution >= 4 is 27.7 Å². The van der Waals surface area contributed by atoms with Gasteiger partial charge in [0.25, 0.3) is 0 Å². The Bertz CT molecular complexity index is 731. The molecule has 1 amide bonds. The average Bonchev–Trinajstić information content (AvgIpc) is 2.52. The van der Waals surface area contributed by atoms with Crippen LogP contribution < -0.4 is 4.90 Å². The molecule has 0 atom stereocenters. The fourth-order valence-corrected chi connectivity index (χ4v) is 3.03. The normalized spacial score (nSPS) is 14.0. The van der Waals surface area contributed by atoms with Gasteiger partial charge < -0.3 is 4.74 Å². The highest BCUT2D eigenvalue weighted by molar-refractivity contribution is 9.10. The number of nitrogens with zero attached hydrogens (tertiary/aromatic N) is 3. The predicted molar refractivity (Wildman–Crippen MR) is 91.1 cm³/mol. The predicted octanol–water partition coefficient (Wildman–Crippen LogP) is 3.17. The molecule has 120 valence electrons. The lowest BCUT2D eigenvalue weighted by Gasteiger charge is -2.29. The van der Waals surface area contributed by atoms with Crippen molar-refractivity contribution < 1.29 is 9.53 Å². The van der Waals surface area contributed by atoms with E-state index in [-0.39, 0.29) is 5.91 Å². The molecule has 5 nitrogen and oxygen atoms in total. The monoisotopic (exact) mass is 375 g/mol. The van der Waals surface area contributed by atoms with E-state index in [0.29, 0.717) is 31.8 Å². The summed E-state index contributed by atoms with van der Waals surface area (Å²) in [6.45, 7) is 2.82. The maximum absolute atomic E-state index is 12.4. The van der Waals surface area contributed by atoms with Crippen molar-refractivity contribution in [3.05, 3.63) is 51.4 Å². The summed E-state index contributed by atoms with van der Waals surface area (Å²) >= 11 is 3.43. The molecule has 1 aliphatic heterocycles. The third-order valence-electron chi connectivity index (χ3n) is 3.91. The van der Waals surface area contributed by atoms with Crippen LogP contribution in [0, 0.1) is 6.92 Å². The van der Waals surface area contributed by atoms with E-state index in [2.05, 4.69) is 25.9 Å². The summed E-state index contributed by atoms with van der Waals surface area (Å²) in [6.07, 6.45) is 1.20. The second-order valence-corrected chi connectivity index (χ2v) is 6.48. The molecule has 1 aliphatic rings. The van der Waals surface area contributed by atoms with E-state index in [1.165, 1.54) is 0 Å². The van der Waals surface area contributed by atoms with Crippen LogP contribution in [0.2, 0.25) is 0 Å². The number of amides is 1. The minimum absolute atomic E-state index is 0.0990. The van der Waals surface area contributed by atoms with Crippen LogP contribution in [0.1, 0.15) is 29.1 Å². The standard InChI is InChI=1S/C17H18BrN3O2/c1-11-14-7-8-16(22)21(9-12-3-5-13(18)6-4-12)17(14)20-15(19-11)10-23-2/h3-6H,7-10H2,1-2H3. The zero-order valence-electron chi connectivity index (χ0n) is 13.2. The van der Waals surface area contributed by atoms with E-state index in [1.54, 1.807) is 12.0 Å². The number of benzene rings is 1. The number of anilines is 1. The number of aryl methyl sites for hydroxylation is 1. The number of fused-ring (bicyclic) bond motifs is 1. The summed E-state index contributed by atoms with van der Waals surface area (Å²) in [5.74, 6) is 1.44. The van der Waals surface area contributed by atoms with E-state index < -0.39 is 0 Å². The van der Waals surface area contributed by atoms with Gasteiger partial charge in [-0.1, -0.05) is 28.1 Å². The van der Waals surface area contributed by atoms with Gasteiger partial charge in [0.2, 0.25) is 5.91 Å². The van der Waals surface area contributed by atoms with Gasteiger partial charge in [-0.25, -0.2) is 9.97 Å². The zero-order valence-corrected chi connectivity index (χ0v) is 14.8. The lowest BCUT2D eigenvalue weighted by molar-refractivity contribution is -0.119. The summed E-state index contributed by atoms with van der Waals surface area (Å²) in [5, 5.41) is 0. The molecule has 3 rings (SSSR count). The largest absolute Gasteiger partial charge is 0.377 e. The van der Waals surface area contributed by atoms with Crippen molar-refractivity contribution in [3.8, 4) is 0 Å². The van der Waals surface area contributed by atoms with E-state index in [1.807, 2.05) is 31.2 Å². The second-order valence-electron chi connectivity index (χ2n) is 5.57. The van der Waals surface area contributed by atoms with E-state index >= 15 is 0 Å². The molecular weight excluding hydrogens is 358 g/mol. The number of carbonyl (C=O) groups excluding carboxylic acids is 1. The highest BCUT2D eigenvalue weighted by atomic mass is 79.9. The van der Waals surface area contributed by atoms with Crippen LogP contribution in [-0.2, 0) is 29.1 Å². The van der Waals surface area contributed by atoms with Crippen molar-refractivity contribution in [1.29, 1.82) is 0 Å². The Hall–Kier alpha value is -1.79. The van der Waals surface area contributed by atoms with Gasteiger partial charge in [-0.15, -0.1) is 0 Å². The number of aromatic nitrogens is 2. The molecule has 0 radical (unpaired) electrons. The van der Waals surface area contributed by atoms with Gasteiger partial charge >= 0.3 is 0 Å². The van der Waals surface area contributed by atoms with Crippen molar-refractivity contribution in [1.82, 2.24) is 9.97 Å². The topological polar surface area (TPSA) is 55.3 Å². The lowest BCUT2D eigenvalue weighted by Crippen LogP contribution is -2.36. The van der Waals surface area contributed by atoms with Crippen molar-refractivity contribution in [2.75, 3.05) is 12.0 Å². The maximum atomic E-state index is 12.4. The molecule has 0 saturated heterocycles. The molecule has 23 heavy (non-hydrogen) atoms. The lowest BCUT2D eigenvalue weighted by atomic mass is 10.0. The van der Waals surface area contributed by atoms with E-state index in [0.717, 1.165) is 27.1 Å². The number of methoxy groups -OCH3 is 1. The molecule has 2 heterocycles. The number of ether oxygens (including phenoxy) is 1. The Morgan fingerprint density at radius 1 is 1.22 bits per heavy atom. The Morgan fingerprint density at radius 2 is 1.96 bits per heavy atom. The van der Waals surface area contributed by atoms with E-state index in [9.17, 15) is 4.79 Å². The van der Waals surface area contributed by atoms with Crippen LogP contribution in [0.15, 0.2) is 28.7 Å². The first kappa shape index (κ1) is 16.1. The Kier molecular flexibility index (Phi) is 4.73. The van der Waals surface area contributed by atoms with Gasteiger partial charge in [0.05, 0.1) is 6.54 Å². The summed E-state index contributed by atoms with van der Waals surface area (Å²) in [7, 11) is 1.61. The van der Waals surface area contributed by atoms with Crippen LogP contribution in [0.4, 0.5) is 5.82 Å². The summed E-state index contributed by atoms with van der Waals surface area (Å²) in [5.41, 5.74) is 3.05. The fourth-order valence-electron chi connectivity index (χ4n) is 2.77. The SMILES string of the molecule is COCc1nc(C)c2c(n1)N(Cc1ccc(Br)cc1)C(=O)CC2. The molecule has 1 aromatic heterocycles. The second kappa shape index (κ2) is 6.76. The first-order chi connectivity index (χ1) is 11.1. The number of halogens is 1. The minimum atomic E-state index is 0.0990. The first-order valence-corrected chi connectivity index (χ1v) is 8.28. The van der Waals surface area contributed by atoms with Crippen LogP contribution >= 0.6 is 15.9 Å². The maximum Gasteiger partial charge on any atom is 0.228 e. The Morgan fingerprint density at radius 3 is 2.65 bits per heavy atom. The molecule has 1 aromatic carbocycles. The van der Waals surface area contributed by atoms with Crippen molar-refractivity contribution in [2.24, 2.45) is 0 Å². The molecule has 0 spiro atoms. The molecule has 0 aliphatic carbocycles. The quantitative estimate of drug-likeness (QED) is 0.823. The summed E-state index contributed by atoms with van der Waals surface area (Å²) in [6, 6.07) is 7.98. The zero-order chi connectivity index (χ0) is 16.4. The van der Waals surface area contributed by atoms with Gasteiger partial charge in [0.1, 0.15) is 12.4 Å². The molecule has 0 bridgehead atoms. The smallest absolute Gasteiger partial charge is 0.228 e. The van der Waals surface area contributed by atoms with Crippen LogP contribution in [0.25, 0.3) is 0 Å². The van der Waals surface area contributed by atoms with E-state index in [4.69, 9.17) is 4.74 Å². The molecule has 6 heteroatoms.